The van der Waals surface area contributed by atoms with Crippen molar-refractivity contribution in [2.45, 2.75) is 19.9 Å². The Morgan fingerprint density at radius 1 is 1.19 bits per heavy atom. The zero-order valence-corrected chi connectivity index (χ0v) is 20.8. The Morgan fingerprint density at radius 2 is 1.92 bits per heavy atom. The van der Waals surface area contributed by atoms with Crippen molar-refractivity contribution in [1.82, 2.24) is 4.98 Å². The summed E-state index contributed by atoms with van der Waals surface area (Å²) in [5.41, 5.74) is 1.97. The van der Waals surface area contributed by atoms with E-state index in [0.717, 1.165) is 11.3 Å². The number of methoxy groups -OCH3 is 1. The number of carbonyl (C=O) groups is 3. The van der Waals surface area contributed by atoms with Crippen molar-refractivity contribution in [2.75, 3.05) is 18.6 Å². The number of aliphatic hydroxyl groups excluding tert-OH is 1. The lowest BCUT2D eigenvalue weighted by atomic mass is 9.94. The van der Waals surface area contributed by atoms with Crippen LogP contribution in [0, 0.1) is 13.8 Å². The maximum atomic E-state index is 13.3. The van der Waals surface area contributed by atoms with E-state index in [1.54, 1.807) is 56.3 Å². The molecule has 1 atom stereocenters. The van der Waals surface area contributed by atoms with Crippen LogP contribution < -0.4 is 9.64 Å². The van der Waals surface area contributed by atoms with E-state index in [1.165, 1.54) is 18.1 Å². The minimum absolute atomic E-state index is 0.0290. The highest BCUT2D eigenvalue weighted by Crippen LogP contribution is 2.44. The Morgan fingerprint density at radius 3 is 2.56 bits per heavy atom. The van der Waals surface area contributed by atoms with Gasteiger partial charge in [-0.05, 0) is 43.2 Å². The first-order chi connectivity index (χ1) is 17.3. The van der Waals surface area contributed by atoms with E-state index >= 15 is 0 Å². The Labute approximate surface area is 212 Å². The lowest BCUT2D eigenvalue weighted by Gasteiger charge is -2.23. The molecule has 184 valence electrons. The number of amides is 1. The Balaban J connectivity index is 1.88. The van der Waals surface area contributed by atoms with E-state index in [2.05, 4.69) is 11.6 Å². The van der Waals surface area contributed by atoms with Crippen LogP contribution in [0.2, 0.25) is 0 Å². The summed E-state index contributed by atoms with van der Waals surface area (Å²) in [6.07, 6.45) is 1.45. The molecule has 1 N–H and O–H groups in total. The molecule has 1 aliphatic rings. The summed E-state index contributed by atoms with van der Waals surface area (Å²) in [6, 6.07) is 13.0. The topological polar surface area (TPSA) is 106 Å². The molecule has 1 unspecified atom stereocenters. The molecule has 0 radical (unpaired) electrons. The number of carbonyl (C=O) groups excluding carboxylic acids is 3. The van der Waals surface area contributed by atoms with E-state index in [0.29, 0.717) is 28.1 Å². The monoisotopic (exact) mass is 504 g/mol. The Bertz CT molecular complexity index is 1390. The fourth-order valence-electron chi connectivity index (χ4n) is 4.03. The van der Waals surface area contributed by atoms with E-state index in [-0.39, 0.29) is 27.9 Å². The van der Waals surface area contributed by atoms with Crippen molar-refractivity contribution in [2.24, 2.45) is 0 Å². The fourth-order valence-corrected chi connectivity index (χ4v) is 5.02. The first-order valence-electron chi connectivity index (χ1n) is 11.0. The second-order valence-corrected chi connectivity index (χ2v) is 9.04. The van der Waals surface area contributed by atoms with Gasteiger partial charge in [0.1, 0.15) is 23.0 Å². The molecule has 1 aromatic heterocycles. The highest BCUT2D eigenvalue weighted by Gasteiger charge is 2.48. The minimum Gasteiger partial charge on any atom is -0.507 e. The Kier molecular flexibility index (Phi) is 7.03. The molecular formula is C27H24N2O6S. The summed E-state index contributed by atoms with van der Waals surface area (Å²) >= 11 is 0.949. The van der Waals surface area contributed by atoms with Crippen LogP contribution in [-0.2, 0) is 14.3 Å². The third-order valence-electron chi connectivity index (χ3n) is 5.76. The SMILES string of the molecule is C=CCOC(=O)c1sc(N2C(=O)C(=O)C(=C(O)c3ccc(OC)cc3C)C2c2ccccc2)nc1C. The highest BCUT2D eigenvalue weighted by molar-refractivity contribution is 7.17. The third-order valence-corrected chi connectivity index (χ3v) is 6.89. The lowest BCUT2D eigenvalue weighted by Crippen LogP contribution is -2.29. The van der Waals surface area contributed by atoms with E-state index < -0.39 is 23.7 Å². The number of esters is 1. The van der Waals surface area contributed by atoms with Gasteiger partial charge in [-0.15, -0.1) is 0 Å². The molecule has 0 aliphatic carbocycles. The maximum absolute atomic E-state index is 13.3. The van der Waals surface area contributed by atoms with E-state index in [1.807, 2.05) is 6.07 Å². The molecule has 1 amide bonds. The molecule has 3 aromatic rings. The summed E-state index contributed by atoms with van der Waals surface area (Å²) in [5, 5.41) is 11.5. The van der Waals surface area contributed by atoms with Crippen molar-refractivity contribution in [1.29, 1.82) is 0 Å². The van der Waals surface area contributed by atoms with E-state index in [4.69, 9.17) is 9.47 Å². The molecule has 1 saturated heterocycles. The Hall–Kier alpha value is -4.24. The minimum atomic E-state index is -0.949. The van der Waals surface area contributed by atoms with Gasteiger partial charge in [-0.3, -0.25) is 14.5 Å². The van der Waals surface area contributed by atoms with Crippen LogP contribution in [0.5, 0.6) is 5.75 Å². The summed E-state index contributed by atoms with van der Waals surface area (Å²) in [4.78, 5) is 45.0. The van der Waals surface area contributed by atoms with Crippen LogP contribution >= 0.6 is 11.3 Å². The van der Waals surface area contributed by atoms with Gasteiger partial charge < -0.3 is 14.6 Å². The molecule has 36 heavy (non-hydrogen) atoms. The van der Waals surface area contributed by atoms with Crippen molar-refractivity contribution < 1.29 is 29.0 Å². The van der Waals surface area contributed by atoms with Crippen molar-refractivity contribution in [3.8, 4) is 5.75 Å². The van der Waals surface area contributed by atoms with Crippen LogP contribution in [0.15, 0.2) is 66.8 Å². The van der Waals surface area contributed by atoms with Crippen LogP contribution in [0.4, 0.5) is 5.13 Å². The zero-order chi connectivity index (χ0) is 26.0. The normalized spacial score (nSPS) is 16.8. The predicted molar refractivity (Wildman–Crippen MR) is 136 cm³/mol. The molecule has 1 fully saturated rings. The van der Waals surface area contributed by atoms with Gasteiger partial charge in [-0.2, -0.15) is 0 Å². The van der Waals surface area contributed by atoms with Crippen molar-refractivity contribution >= 4 is 39.9 Å². The molecule has 4 rings (SSSR count). The smallest absolute Gasteiger partial charge is 0.350 e. The second-order valence-electron chi connectivity index (χ2n) is 8.06. The summed E-state index contributed by atoms with van der Waals surface area (Å²) in [5.74, 6) is -2.00. The van der Waals surface area contributed by atoms with Crippen molar-refractivity contribution in [3.63, 3.8) is 0 Å². The van der Waals surface area contributed by atoms with Gasteiger partial charge in [0.15, 0.2) is 5.13 Å². The second kappa shape index (κ2) is 10.2. The number of hydrogen-bond donors (Lipinski definition) is 1. The van der Waals surface area contributed by atoms with Gasteiger partial charge in [0.2, 0.25) is 0 Å². The number of aliphatic hydroxyl groups is 1. The molecule has 1 aliphatic heterocycles. The summed E-state index contributed by atoms with van der Waals surface area (Å²) in [7, 11) is 1.53. The first kappa shape index (κ1) is 24.9. The molecule has 2 aromatic carbocycles. The number of rotatable bonds is 7. The van der Waals surface area contributed by atoms with Crippen LogP contribution in [-0.4, -0.2) is 41.5 Å². The number of anilines is 1. The average molecular weight is 505 g/mol. The maximum Gasteiger partial charge on any atom is 0.350 e. The quantitative estimate of drug-likeness (QED) is 0.163. The van der Waals surface area contributed by atoms with Gasteiger partial charge in [0.25, 0.3) is 5.78 Å². The van der Waals surface area contributed by atoms with E-state index in [9.17, 15) is 19.5 Å². The average Bonchev–Trinajstić information content (AvgIpc) is 3.39. The molecule has 8 nitrogen and oxygen atoms in total. The van der Waals surface area contributed by atoms with Gasteiger partial charge in [-0.25, -0.2) is 9.78 Å². The zero-order valence-electron chi connectivity index (χ0n) is 20.0. The number of hydrogen-bond acceptors (Lipinski definition) is 8. The fraction of sp³-hybridized carbons (Fsp3) is 0.185. The molecule has 0 spiro atoms. The van der Waals surface area contributed by atoms with Crippen LogP contribution in [0.3, 0.4) is 0 Å². The largest absolute Gasteiger partial charge is 0.507 e. The predicted octanol–water partition coefficient (Wildman–Crippen LogP) is 4.74. The van der Waals surface area contributed by atoms with Gasteiger partial charge in [0.05, 0.1) is 24.4 Å². The number of ether oxygens (including phenoxy) is 2. The summed E-state index contributed by atoms with van der Waals surface area (Å²) in [6.45, 7) is 6.96. The number of nitrogens with zero attached hydrogens (tertiary/aromatic N) is 2. The number of aryl methyl sites for hydroxylation is 2. The number of aromatic nitrogens is 1. The summed E-state index contributed by atoms with van der Waals surface area (Å²) < 4.78 is 10.4. The van der Waals surface area contributed by atoms with Gasteiger partial charge in [-0.1, -0.05) is 54.3 Å². The standard InChI is InChI=1S/C27H24N2O6S/c1-5-13-35-26(33)24-16(3)28-27(36-24)29-21(17-9-7-6-8-10-17)20(23(31)25(29)32)22(30)19-12-11-18(34-4)14-15(19)2/h5-12,14,21,30H,1,13H2,2-4H3. The molecule has 2 heterocycles. The number of Topliss-reactive ketones (excluding diaryl/α,β-unsaturated/α-hetero) is 1. The molecular weight excluding hydrogens is 480 g/mol. The van der Waals surface area contributed by atoms with Crippen LogP contribution in [0.25, 0.3) is 5.76 Å². The highest BCUT2D eigenvalue weighted by atomic mass is 32.1. The van der Waals surface area contributed by atoms with Crippen LogP contribution in [0.1, 0.15) is 38.1 Å². The first-order valence-corrected chi connectivity index (χ1v) is 11.9. The number of ketones is 1. The van der Waals surface area contributed by atoms with Crippen molar-refractivity contribution in [3.05, 3.63) is 94.0 Å². The van der Waals surface area contributed by atoms with Gasteiger partial charge in [0, 0.05) is 5.56 Å². The lowest BCUT2D eigenvalue weighted by molar-refractivity contribution is -0.132. The van der Waals surface area contributed by atoms with Gasteiger partial charge >= 0.3 is 11.9 Å². The molecule has 0 saturated carbocycles. The molecule has 9 heteroatoms. The third kappa shape index (κ3) is 4.40. The number of thiazole rings is 1. The molecule has 0 bridgehead atoms. The number of benzene rings is 2.